The zero-order valence-corrected chi connectivity index (χ0v) is 14.9. The first-order valence-corrected chi connectivity index (χ1v) is 9.21. The molecule has 25 heavy (non-hydrogen) atoms. The second-order valence-corrected chi connectivity index (χ2v) is 7.02. The van der Waals surface area contributed by atoms with Crippen molar-refractivity contribution in [2.45, 2.75) is 70.6 Å². The zero-order chi connectivity index (χ0) is 17.8. The first kappa shape index (κ1) is 17.6. The largest absolute Gasteiger partial charge is 0.479 e. The lowest BCUT2D eigenvalue weighted by Gasteiger charge is -2.25. The molecule has 2 atom stereocenters. The second kappa shape index (κ2) is 7.76. The molecule has 0 saturated heterocycles. The highest BCUT2D eigenvalue weighted by Crippen LogP contribution is 2.32. The average molecular weight is 345 g/mol. The van der Waals surface area contributed by atoms with Crippen molar-refractivity contribution in [2.75, 3.05) is 10.6 Å². The maximum atomic E-state index is 12.4. The van der Waals surface area contributed by atoms with Crippen LogP contribution in [0.3, 0.4) is 0 Å². The van der Waals surface area contributed by atoms with Gasteiger partial charge in [0.25, 0.3) is 5.91 Å². The molecule has 1 aromatic rings. The predicted molar refractivity (Wildman–Crippen MR) is 97.9 cm³/mol. The highest BCUT2D eigenvalue weighted by Gasteiger charge is 2.24. The minimum Gasteiger partial charge on any atom is -0.479 e. The van der Waals surface area contributed by atoms with Crippen LogP contribution in [0.25, 0.3) is 0 Å². The van der Waals surface area contributed by atoms with Crippen LogP contribution >= 0.6 is 0 Å². The summed E-state index contributed by atoms with van der Waals surface area (Å²) in [6.07, 6.45) is 6.56. The summed E-state index contributed by atoms with van der Waals surface area (Å²) < 4.78 is 5.54. The fourth-order valence-electron chi connectivity index (χ4n) is 3.36. The van der Waals surface area contributed by atoms with Crippen LogP contribution in [0.15, 0.2) is 18.2 Å². The molecule has 0 bridgehead atoms. The fourth-order valence-corrected chi connectivity index (χ4v) is 3.36. The third kappa shape index (κ3) is 4.44. The number of carbonyl (C=O) groups is 2. The fraction of sp³-hybridized carbons (Fsp3) is 0.579. The number of fused-ring (bicyclic) bond motifs is 1. The lowest BCUT2D eigenvalue weighted by Crippen LogP contribution is -2.43. The number of anilines is 2. The highest BCUT2D eigenvalue weighted by atomic mass is 16.5. The highest BCUT2D eigenvalue weighted by molar-refractivity contribution is 5.98. The minimum atomic E-state index is -0.490. The minimum absolute atomic E-state index is 0.0125. The summed E-state index contributed by atoms with van der Waals surface area (Å²) in [5.74, 6) is 0.496. The van der Waals surface area contributed by atoms with E-state index in [-0.39, 0.29) is 23.9 Å². The van der Waals surface area contributed by atoms with Gasteiger partial charge in [0.1, 0.15) is 11.8 Å². The molecule has 2 amide bonds. The van der Waals surface area contributed by atoms with Crippen LogP contribution < -0.4 is 20.7 Å². The van der Waals surface area contributed by atoms with Gasteiger partial charge in [-0.1, -0.05) is 25.7 Å². The first-order chi connectivity index (χ1) is 12.0. The molecule has 3 N–H and O–H groups in total. The Hall–Kier alpha value is -2.24. The van der Waals surface area contributed by atoms with Gasteiger partial charge in [0.2, 0.25) is 5.91 Å². The zero-order valence-electron chi connectivity index (χ0n) is 14.9. The Labute approximate surface area is 148 Å². The molecule has 1 aliphatic carbocycles. The van der Waals surface area contributed by atoms with Crippen molar-refractivity contribution >= 4 is 23.2 Å². The summed E-state index contributed by atoms with van der Waals surface area (Å²) in [4.78, 5) is 24.2. The maximum Gasteiger partial charge on any atom is 0.265 e. The van der Waals surface area contributed by atoms with Gasteiger partial charge in [-0.3, -0.25) is 9.59 Å². The number of ether oxygens (including phenoxy) is 1. The summed E-state index contributed by atoms with van der Waals surface area (Å²) in [7, 11) is 0. The Morgan fingerprint density at radius 1 is 1.24 bits per heavy atom. The SMILES string of the molecule is CC(Nc1ccc2c(c1)NC(=O)C(C)O2)C(=O)NC1CCCCCC1. The number of rotatable bonds is 4. The van der Waals surface area contributed by atoms with Gasteiger partial charge < -0.3 is 20.7 Å². The predicted octanol–water partition coefficient (Wildman–Crippen LogP) is 3.05. The van der Waals surface area contributed by atoms with Gasteiger partial charge in [0.15, 0.2) is 6.10 Å². The molecule has 0 aromatic heterocycles. The number of nitrogens with one attached hydrogen (secondary N) is 3. The summed E-state index contributed by atoms with van der Waals surface area (Å²) in [6.45, 7) is 3.56. The van der Waals surface area contributed by atoms with E-state index in [2.05, 4.69) is 16.0 Å². The molecule has 1 aromatic carbocycles. The average Bonchev–Trinajstić information content (AvgIpc) is 2.85. The Bertz CT molecular complexity index is 639. The molecule has 136 valence electrons. The van der Waals surface area contributed by atoms with Crippen LogP contribution in [0, 0.1) is 0 Å². The van der Waals surface area contributed by atoms with Crippen molar-refractivity contribution < 1.29 is 14.3 Å². The van der Waals surface area contributed by atoms with Crippen molar-refractivity contribution in [1.29, 1.82) is 0 Å². The standard InChI is InChI=1S/C19H27N3O3/c1-12(18(23)21-14-7-5-3-4-6-8-14)20-15-9-10-17-16(11-15)22-19(24)13(2)25-17/h9-14,20H,3-8H2,1-2H3,(H,21,23)(H,22,24). The van der Waals surface area contributed by atoms with Gasteiger partial charge in [-0.05, 0) is 44.9 Å². The molecule has 1 fully saturated rings. The summed E-state index contributed by atoms with van der Waals surface area (Å²) >= 11 is 0. The van der Waals surface area contributed by atoms with Crippen molar-refractivity contribution in [3.05, 3.63) is 18.2 Å². The van der Waals surface area contributed by atoms with E-state index < -0.39 is 6.10 Å². The third-order valence-corrected chi connectivity index (χ3v) is 4.89. The Balaban J connectivity index is 1.59. The molecule has 6 nitrogen and oxygen atoms in total. The van der Waals surface area contributed by atoms with Crippen molar-refractivity contribution in [2.24, 2.45) is 0 Å². The number of carbonyl (C=O) groups excluding carboxylic acids is 2. The van der Waals surface area contributed by atoms with Gasteiger partial charge in [-0.25, -0.2) is 0 Å². The van der Waals surface area contributed by atoms with Gasteiger partial charge in [-0.15, -0.1) is 0 Å². The third-order valence-electron chi connectivity index (χ3n) is 4.89. The lowest BCUT2D eigenvalue weighted by atomic mass is 10.1. The van der Waals surface area contributed by atoms with E-state index in [1.807, 2.05) is 19.1 Å². The van der Waals surface area contributed by atoms with E-state index in [1.54, 1.807) is 13.0 Å². The summed E-state index contributed by atoms with van der Waals surface area (Å²) in [5, 5.41) is 9.18. The summed E-state index contributed by atoms with van der Waals surface area (Å²) in [5.41, 5.74) is 1.41. The van der Waals surface area contributed by atoms with Gasteiger partial charge in [0, 0.05) is 11.7 Å². The normalized spacial score (nSPS) is 22.0. The molecule has 1 heterocycles. The van der Waals surface area contributed by atoms with Crippen molar-refractivity contribution in [3.8, 4) is 5.75 Å². The van der Waals surface area contributed by atoms with E-state index in [4.69, 9.17) is 4.74 Å². The maximum absolute atomic E-state index is 12.4. The molecule has 2 aliphatic rings. The van der Waals surface area contributed by atoms with Crippen LogP contribution in [0.4, 0.5) is 11.4 Å². The lowest BCUT2D eigenvalue weighted by molar-refractivity contribution is -0.123. The van der Waals surface area contributed by atoms with E-state index >= 15 is 0 Å². The number of benzene rings is 1. The smallest absolute Gasteiger partial charge is 0.265 e. The molecular formula is C19H27N3O3. The number of amides is 2. The quantitative estimate of drug-likeness (QED) is 0.733. The topological polar surface area (TPSA) is 79.5 Å². The van der Waals surface area contributed by atoms with Crippen molar-refractivity contribution in [3.63, 3.8) is 0 Å². The molecule has 0 radical (unpaired) electrons. The van der Waals surface area contributed by atoms with Crippen LogP contribution in [-0.4, -0.2) is 30.0 Å². The van der Waals surface area contributed by atoms with E-state index in [9.17, 15) is 9.59 Å². The van der Waals surface area contributed by atoms with E-state index in [1.165, 1.54) is 25.7 Å². The molecular weight excluding hydrogens is 318 g/mol. The molecule has 0 spiro atoms. The van der Waals surface area contributed by atoms with Crippen LogP contribution in [0.1, 0.15) is 52.4 Å². The molecule has 2 unspecified atom stereocenters. The van der Waals surface area contributed by atoms with Crippen LogP contribution in [-0.2, 0) is 9.59 Å². The number of hydrogen-bond donors (Lipinski definition) is 3. The molecule has 1 saturated carbocycles. The monoisotopic (exact) mass is 345 g/mol. The van der Waals surface area contributed by atoms with Crippen LogP contribution in [0.2, 0.25) is 0 Å². The Kier molecular flexibility index (Phi) is 5.46. The van der Waals surface area contributed by atoms with Gasteiger partial charge in [-0.2, -0.15) is 0 Å². The van der Waals surface area contributed by atoms with Crippen molar-refractivity contribution in [1.82, 2.24) is 5.32 Å². The van der Waals surface area contributed by atoms with Crippen LogP contribution in [0.5, 0.6) is 5.75 Å². The second-order valence-electron chi connectivity index (χ2n) is 7.02. The van der Waals surface area contributed by atoms with Gasteiger partial charge >= 0.3 is 0 Å². The van der Waals surface area contributed by atoms with Gasteiger partial charge in [0.05, 0.1) is 5.69 Å². The molecule has 1 aliphatic heterocycles. The molecule has 6 heteroatoms. The van der Waals surface area contributed by atoms with E-state index in [0.717, 1.165) is 18.5 Å². The Morgan fingerprint density at radius 2 is 1.96 bits per heavy atom. The first-order valence-electron chi connectivity index (χ1n) is 9.21. The molecule has 3 rings (SSSR count). The number of hydrogen-bond acceptors (Lipinski definition) is 4. The Morgan fingerprint density at radius 3 is 2.68 bits per heavy atom. The summed E-state index contributed by atoms with van der Waals surface area (Å²) in [6, 6.07) is 5.41. The van der Waals surface area contributed by atoms with E-state index in [0.29, 0.717) is 11.4 Å².